The molecule has 0 aromatic heterocycles. The maximum absolute atomic E-state index is 15.6. The minimum Gasteiger partial charge on any atom is -0.376 e. The van der Waals surface area contributed by atoms with Crippen LogP contribution in [0.1, 0.15) is 101 Å². The van der Waals surface area contributed by atoms with E-state index in [1.54, 1.807) is 13.8 Å². The van der Waals surface area contributed by atoms with Crippen LogP contribution in [0.2, 0.25) is 0 Å². The summed E-state index contributed by atoms with van der Waals surface area (Å²) in [4.78, 5) is 0. The SMILES string of the molecule is CCC(C)(C)OCCC(C)(C)C(CC)(CC)C(F)(F)C(F)(F)C(F)(CC)CC. The summed E-state index contributed by atoms with van der Waals surface area (Å²) in [6.45, 7) is 14.4. The van der Waals surface area contributed by atoms with E-state index in [0.717, 1.165) is 6.42 Å². The van der Waals surface area contributed by atoms with Crippen molar-refractivity contribution in [3.05, 3.63) is 0 Å². The number of alkyl halides is 5. The Morgan fingerprint density at radius 1 is 0.607 bits per heavy atom. The van der Waals surface area contributed by atoms with Crippen LogP contribution < -0.4 is 0 Å². The van der Waals surface area contributed by atoms with Crippen LogP contribution in [0.25, 0.3) is 0 Å². The number of halogens is 5. The van der Waals surface area contributed by atoms with Crippen LogP contribution in [0.4, 0.5) is 22.0 Å². The van der Waals surface area contributed by atoms with E-state index in [4.69, 9.17) is 4.74 Å². The lowest BCUT2D eigenvalue weighted by Gasteiger charge is -2.54. The molecule has 0 spiro atoms. The summed E-state index contributed by atoms with van der Waals surface area (Å²) in [5.41, 5.74) is -6.91. The smallest absolute Gasteiger partial charge is 0.343 e. The van der Waals surface area contributed by atoms with Gasteiger partial charge < -0.3 is 4.74 Å². The standard InChI is InChI=1S/C22H41F5O/c1-10-18(8,9)28-16-15-17(6,7)19(11-2,12-3)21(24,25)22(26,27)20(23,13-4)14-5/h10-16H2,1-9H3. The molecule has 0 aliphatic carbocycles. The number of rotatable bonds is 13. The summed E-state index contributed by atoms with van der Waals surface area (Å²) < 4.78 is 82.0. The second-order valence-corrected chi connectivity index (χ2v) is 9.21. The first-order chi connectivity index (χ1) is 12.5. The average Bonchev–Trinajstić information content (AvgIpc) is 2.61. The molecule has 0 saturated heterocycles. The number of ether oxygens (including phenoxy) is 1. The van der Waals surface area contributed by atoms with E-state index in [2.05, 4.69) is 0 Å². The molecule has 0 unspecified atom stereocenters. The monoisotopic (exact) mass is 416 g/mol. The summed E-state index contributed by atoms with van der Waals surface area (Å²) in [6, 6.07) is 0. The molecule has 0 aromatic rings. The molecule has 6 heteroatoms. The van der Waals surface area contributed by atoms with Crippen molar-refractivity contribution in [3.8, 4) is 0 Å². The molecule has 0 bridgehead atoms. The van der Waals surface area contributed by atoms with Gasteiger partial charge in [-0.15, -0.1) is 0 Å². The third kappa shape index (κ3) is 4.52. The molecule has 0 N–H and O–H groups in total. The fourth-order valence-corrected chi connectivity index (χ4v) is 4.28. The molecule has 0 aromatic carbocycles. The highest BCUT2D eigenvalue weighted by Gasteiger charge is 2.76. The van der Waals surface area contributed by atoms with Crippen LogP contribution in [0.3, 0.4) is 0 Å². The van der Waals surface area contributed by atoms with Crippen LogP contribution in [-0.2, 0) is 4.74 Å². The Morgan fingerprint density at radius 3 is 1.36 bits per heavy atom. The lowest BCUT2D eigenvalue weighted by molar-refractivity contribution is -0.337. The van der Waals surface area contributed by atoms with Gasteiger partial charge in [0, 0.05) is 12.0 Å². The summed E-state index contributed by atoms with van der Waals surface area (Å²) in [6.07, 6.45) is -0.764. The molecular formula is C22H41F5O. The summed E-state index contributed by atoms with van der Waals surface area (Å²) in [5.74, 6) is -9.27. The van der Waals surface area contributed by atoms with Crippen LogP contribution in [0.5, 0.6) is 0 Å². The molecule has 170 valence electrons. The molecule has 0 amide bonds. The fraction of sp³-hybridized carbons (Fsp3) is 1.00. The van der Waals surface area contributed by atoms with E-state index < -0.39 is 46.8 Å². The van der Waals surface area contributed by atoms with Gasteiger partial charge in [-0.25, -0.2) is 4.39 Å². The lowest BCUT2D eigenvalue weighted by Crippen LogP contribution is -2.66. The van der Waals surface area contributed by atoms with Crippen LogP contribution in [0, 0.1) is 10.8 Å². The van der Waals surface area contributed by atoms with Crippen molar-refractivity contribution in [1.82, 2.24) is 0 Å². The molecule has 0 rings (SSSR count). The highest BCUT2D eigenvalue weighted by molar-refractivity contribution is 5.12. The van der Waals surface area contributed by atoms with Gasteiger partial charge in [0.05, 0.1) is 5.60 Å². The zero-order valence-electron chi connectivity index (χ0n) is 19.2. The quantitative estimate of drug-likeness (QED) is 0.275. The number of hydrogen-bond donors (Lipinski definition) is 0. The van der Waals surface area contributed by atoms with Crippen LogP contribution >= 0.6 is 0 Å². The van der Waals surface area contributed by atoms with Gasteiger partial charge in [-0.05, 0) is 57.8 Å². The predicted octanol–water partition coefficient (Wildman–Crippen LogP) is 8.21. The van der Waals surface area contributed by atoms with E-state index in [-0.39, 0.29) is 25.9 Å². The van der Waals surface area contributed by atoms with Gasteiger partial charge in [0.25, 0.3) is 0 Å². The van der Waals surface area contributed by atoms with Crippen molar-refractivity contribution < 1.29 is 26.7 Å². The lowest BCUT2D eigenvalue weighted by atomic mass is 9.55. The van der Waals surface area contributed by atoms with Crippen LogP contribution in [-0.4, -0.2) is 29.7 Å². The Balaban J connectivity index is 6.11. The predicted molar refractivity (Wildman–Crippen MR) is 106 cm³/mol. The van der Waals surface area contributed by atoms with Crippen LogP contribution in [0.15, 0.2) is 0 Å². The fourth-order valence-electron chi connectivity index (χ4n) is 4.28. The molecule has 0 saturated carbocycles. The van der Waals surface area contributed by atoms with Gasteiger partial charge in [0.1, 0.15) is 0 Å². The van der Waals surface area contributed by atoms with E-state index >= 15 is 17.6 Å². The molecule has 0 aliphatic rings. The molecule has 1 nitrogen and oxygen atoms in total. The van der Waals surface area contributed by atoms with E-state index in [1.807, 2.05) is 20.8 Å². The average molecular weight is 417 g/mol. The Labute approximate surface area is 168 Å². The van der Waals surface area contributed by atoms with Gasteiger partial charge in [-0.1, -0.05) is 48.5 Å². The minimum absolute atomic E-state index is 0.180. The minimum atomic E-state index is -4.77. The third-order valence-electron chi connectivity index (χ3n) is 7.25. The summed E-state index contributed by atoms with van der Waals surface area (Å²) in [5, 5.41) is 0. The van der Waals surface area contributed by atoms with Crippen molar-refractivity contribution in [2.75, 3.05) is 6.61 Å². The molecule has 0 aliphatic heterocycles. The van der Waals surface area contributed by atoms with Crippen molar-refractivity contribution in [1.29, 1.82) is 0 Å². The van der Waals surface area contributed by atoms with Gasteiger partial charge in [0.15, 0.2) is 5.67 Å². The van der Waals surface area contributed by atoms with Gasteiger partial charge >= 0.3 is 11.8 Å². The largest absolute Gasteiger partial charge is 0.376 e. The Bertz CT molecular complexity index is 477. The maximum Gasteiger partial charge on any atom is 0.343 e. The van der Waals surface area contributed by atoms with Crippen molar-refractivity contribution >= 4 is 0 Å². The zero-order valence-corrected chi connectivity index (χ0v) is 19.2. The molecule has 0 fully saturated rings. The Kier molecular flexibility index (Phi) is 9.05. The van der Waals surface area contributed by atoms with Gasteiger partial charge in [0.2, 0.25) is 0 Å². The molecule has 0 radical (unpaired) electrons. The molecule has 0 heterocycles. The van der Waals surface area contributed by atoms with E-state index in [9.17, 15) is 4.39 Å². The molecular weight excluding hydrogens is 375 g/mol. The summed E-state index contributed by atoms with van der Waals surface area (Å²) >= 11 is 0. The topological polar surface area (TPSA) is 9.23 Å². The Hall–Kier alpha value is -0.390. The zero-order chi connectivity index (χ0) is 22.7. The first-order valence-electron chi connectivity index (χ1n) is 10.6. The summed E-state index contributed by atoms with van der Waals surface area (Å²) in [7, 11) is 0. The molecule has 28 heavy (non-hydrogen) atoms. The normalized spacial score (nSPS) is 15.2. The van der Waals surface area contributed by atoms with Crippen molar-refractivity contribution in [3.63, 3.8) is 0 Å². The highest BCUT2D eigenvalue weighted by atomic mass is 19.3. The highest BCUT2D eigenvalue weighted by Crippen LogP contribution is 2.64. The first kappa shape index (κ1) is 27.6. The van der Waals surface area contributed by atoms with E-state index in [0.29, 0.717) is 0 Å². The second kappa shape index (κ2) is 9.18. The Morgan fingerprint density at radius 2 is 1.04 bits per heavy atom. The van der Waals surface area contributed by atoms with Crippen molar-refractivity contribution in [2.45, 2.75) is 124 Å². The maximum atomic E-state index is 15.6. The van der Waals surface area contributed by atoms with Gasteiger partial charge in [-0.2, -0.15) is 17.6 Å². The number of hydrogen-bond acceptors (Lipinski definition) is 1. The second-order valence-electron chi connectivity index (χ2n) is 9.21. The first-order valence-corrected chi connectivity index (χ1v) is 10.6. The van der Waals surface area contributed by atoms with Crippen molar-refractivity contribution in [2.24, 2.45) is 10.8 Å². The van der Waals surface area contributed by atoms with Gasteiger partial charge in [-0.3, -0.25) is 0 Å². The van der Waals surface area contributed by atoms with E-state index in [1.165, 1.54) is 27.7 Å². The third-order valence-corrected chi connectivity index (χ3v) is 7.25. The molecule has 0 atom stereocenters.